The molecule has 0 amide bonds. The average Bonchev–Trinajstić information content (AvgIpc) is 3.60. The molecule has 47 heavy (non-hydrogen) atoms. The summed E-state index contributed by atoms with van der Waals surface area (Å²) in [7, 11) is 0. The molecule has 224 valence electrons. The standard InChI is InChI=1S/C46H34O/c1-46(2)40-26-28(25-30-12-9-20-43-44(30)38-16-7-8-19-42(38)47-43)21-23-37(40)45-36-15-6-5-14-34(36)39(27-41(45)46)33-18-10-17-32-31-13-4-3-11-29(31)22-24-35(32)33/h3-21,23,26-27H,22,24-25H2,1-2H3. The summed E-state index contributed by atoms with van der Waals surface area (Å²) in [5, 5.41) is 5.11. The maximum Gasteiger partial charge on any atom is 0.135 e. The van der Waals surface area contributed by atoms with Gasteiger partial charge >= 0.3 is 0 Å². The molecule has 1 aromatic heterocycles. The van der Waals surface area contributed by atoms with E-state index in [0.717, 1.165) is 30.4 Å². The zero-order valence-corrected chi connectivity index (χ0v) is 26.7. The molecule has 2 aliphatic carbocycles. The van der Waals surface area contributed by atoms with Gasteiger partial charge in [0, 0.05) is 16.2 Å². The number of rotatable bonds is 3. The lowest BCUT2D eigenvalue weighted by atomic mass is 9.78. The van der Waals surface area contributed by atoms with Crippen molar-refractivity contribution >= 4 is 32.7 Å². The van der Waals surface area contributed by atoms with E-state index < -0.39 is 0 Å². The van der Waals surface area contributed by atoms with Crippen LogP contribution in [0, 0.1) is 0 Å². The van der Waals surface area contributed by atoms with Crippen LogP contribution in [-0.4, -0.2) is 0 Å². The van der Waals surface area contributed by atoms with Crippen LogP contribution in [0.5, 0.6) is 0 Å². The SMILES string of the molecule is CC1(C)c2cc(Cc3cccc4oc5ccccc5c34)ccc2-c2c1cc(-c1cccc3c1CCc1ccccc1-3)c1ccccc21. The number of benzene rings is 7. The Labute approximate surface area is 275 Å². The molecule has 0 bridgehead atoms. The minimum Gasteiger partial charge on any atom is -0.456 e. The monoisotopic (exact) mass is 602 g/mol. The van der Waals surface area contributed by atoms with Gasteiger partial charge < -0.3 is 4.42 Å². The Hall–Kier alpha value is -5.40. The summed E-state index contributed by atoms with van der Waals surface area (Å²) in [6.07, 6.45) is 3.02. The van der Waals surface area contributed by atoms with Crippen molar-refractivity contribution in [2.45, 2.75) is 38.5 Å². The highest BCUT2D eigenvalue weighted by atomic mass is 16.3. The highest BCUT2D eigenvalue weighted by Gasteiger charge is 2.37. The molecular formula is C46H34O. The van der Waals surface area contributed by atoms with Gasteiger partial charge in [0.05, 0.1) is 0 Å². The average molecular weight is 603 g/mol. The van der Waals surface area contributed by atoms with Gasteiger partial charge in [-0.25, -0.2) is 0 Å². The van der Waals surface area contributed by atoms with E-state index in [9.17, 15) is 0 Å². The van der Waals surface area contributed by atoms with Crippen molar-refractivity contribution in [2.75, 3.05) is 0 Å². The van der Waals surface area contributed by atoms with Gasteiger partial charge in [0.2, 0.25) is 0 Å². The number of fused-ring (bicyclic) bond motifs is 11. The smallest absolute Gasteiger partial charge is 0.135 e. The Kier molecular flexibility index (Phi) is 5.58. The quantitative estimate of drug-likeness (QED) is 0.196. The summed E-state index contributed by atoms with van der Waals surface area (Å²) in [6.45, 7) is 4.84. The first kappa shape index (κ1) is 26.8. The van der Waals surface area contributed by atoms with Crippen molar-refractivity contribution < 1.29 is 4.42 Å². The van der Waals surface area contributed by atoms with Crippen LogP contribution in [-0.2, 0) is 24.7 Å². The zero-order valence-electron chi connectivity index (χ0n) is 26.7. The lowest BCUT2D eigenvalue weighted by molar-refractivity contribution is 0.660. The van der Waals surface area contributed by atoms with Crippen LogP contribution in [0.4, 0.5) is 0 Å². The number of hydrogen-bond donors (Lipinski definition) is 0. The van der Waals surface area contributed by atoms with Gasteiger partial charge in [0.1, 0.15) is 11.2 Å². The van der Waals surface area contributed by atoms with Gasteiger partial charge in [-0.3, -0.25) is 0 Å². The first-order chi connectivity index (χ1) is 23.1. The van der Waals surface area contributed by atoms with Gasteiger partial charge in [-0.05, 0) is 115 Å². The molecule has 1 nitrogen and oxygen atoms in total. The molecule has 1 heteroatoms. The second-order valence-electron chi connectivity index (χ2n) is 14.0. The van der Waals surface area contributed by atoms with Crippen LogP contribution in [0.15, 0.2) is 138 Å². The van der Waals surface area contributed by atoms with Gasteiger partial charge in [-0.15, -0.1) is 0 Å². The molecule has 7 aromatic carbocycles. The van der Waals surface area contributed by atoms with E-state index >= 15 is 0 Å². The Balaban J connectivity index is 1.13. The molecule has 0 unspecified atom stereocenters. The lowest BCUT2D eigenvalue weighted by Crippen LogP contribution is -2.15. The number of aryl methyl sites for hydroxylation is 1. The van der Waals surface area contributed by atoms with Gasteiger partial charge in [-0.1, -0.05) is 129 Å². The van der Waals surface area contributed by atoms with E-state index in [1.807, 2.05) is 6.07 Å². The molecule has 10 rings (SSSR count). The highest BCUT2D eigenvalue weighted by Crippen LogP contribution is 2.54. The lowest BCUT2D eigenvalue weighted by Gasteiger charge is -2.26. The van der Waals surface area contributed by atoms with E-state index in [2.05, 4.69) is 141 Å². The van der Waals surface area contributed by atoms with Crippen LogP contribution in [0.2, 0.25) is 0 Å². The molecule has 0 N–H and O–H groups in total. The minimum atomic E-state index is -0.130. The molecule has 0 spiro atoms. The number of furan rings is 1. The summed E-state index contributed by atoms with van der Waals surface area (Å²) in [6, 6.07) is 49.6. The maximum absolute atomic E-state index is 6.22. The summed E-state index contributed by atoms with van der Waals surface area (Å²) in [4.78, 5) is 0. The molecule has 0 saturated carbocycles. The number of hydrogen-bond acceptors (Lipinski definition) is 1. The summed E-state index contributed by atoms with van der Waals surface area (Å²) in [5.74, 6) is 0. The Morgan fingerprint density at radius 3 is 2.13 bits per heavy atom. The van der Waals surface area contributed by atoms with Crippen LogP contribution < -0.4 is 0 Å². The van der Waals surface area contributed by atoms with Gasteiger partial charge in [-0.2, -0.15) is 0 Å². The van der Waals surface area contributed by atoms with E-state index in [4.69, 9.17) is 4.42 Å². The van der Waals surface area contributed by atoms with Crippen LogP contribution in [0.3, 0.4) is 0 Å². The summed E-state index contributed by atoms with van der Waals surface area (Å²) < 4.78 is 6.22. The fourth-order valence-corrected chi connectivity index (χ4v) is 8.80. The molecule has 0 radical (unpaired) electrons. The zero-order chi connectivity index (χ0) is 31.3. The minimum absolute atomic E-state index is 0.130. The van der Waals surface area contributed by atoms with Gasteiger partial charge in [0.25, 0.3) is 0 Å². The highest BCUT2D eigenvalue weighted by molar-refractivity contribution is 6.10. The van der Waals surface area contributed by atoms with Crippen LogP contribution in [0.1, 0.15) is 47.2 Å². The van der Waals surface area contributed by atoms with Crippen molar-refractivity contribution in [2.24, 2.45) is 0 Å². The molecule has 1 heterocycles. The summed E-state index contributed by atoms with van der Waals surface area (Å²) in [5.41, 5.74) is 18.5. The van der Waals surface area contributed by atoms with E-state index in [-0.39, 0.29) is 5.41 Å². The third kappa shape index (κ3) is 3.83. The van der Waals surface area contributed by atoms with Gasteiger partial charge in [0.15, 0.2) is 0 Å². The van der Waals surface area contributed by atoms with Crippen molar-refractivity contribution in [1.82, 2.24) is 0 Å². The first-order valence-electron chi connectivity index (χ1n) is 16.9. The molecule has 2 aliphatic rings. The molecule has 0 aliphatic heterocycles. The maximum atomic E-state index is 6.22. The summed E-state index contributed by atoms with van der Waals surface area (Å²) >= 11 is 0. The van der Waals surface area contributed by atoms with Crippen molar-refractivity contribution in [1.29, 1.82) is 0 Å². The Morgan fingerprint density at radius 1 is 0.532 bits per heavy atom. The van der Waals surface area contributed by atoms with Crippen molar-refractivity contribution in [3.8, 4) is 33.4 Å². The van der Waals surface area contributed by atoms with Crippen molar-refractivity contribution in [3.05, 3.63) is 167 Å². The number of para-hydroxylation sites is 1. The Bertz CT molecular complexity index is 2580. The second kappa shape index (κ2) is 9.80. The topological polar surface area (TPSA) is 13.1 Å². The molecule has 8 aromatic rings. The normalized spacial score (nSPS) is 14.3. The largest absolute Gasteiger partial charge is 0.456 e. The third-order valence-corrected chi connectivity index (χ3v) is 11.0. The fourth-order valence-electron chi connectivity index (χ4n) is 8.80. The molecule has 0 saturated heterocycles. The molecule has 0 fully saturated rings. The molecule has 0 atom stereocenters. The van der Waals surface area contributed by atoms with Crippen LogP contribution >= 0.6 is 0 Å². The predicted octanol–water partition coefficient (Wildman–Crippen LogP) is 12.1. The fraction of sp³-hybridized carbons (Fsp3) is 0.130. The van der Waals surface area contributed by atoms with E-state index in [0.29, 0.717) is 0 Å². The van der Waals surface area contributed by atoms with E-state index in [1.54, 1.807) is 0 Å². The van der Waals surface area contributed by atoms with Crippen LogP contribution in [0.25, 0.3) is 66.1 Å². The predicted molar refractivity (Wildman–Crippen MR) is 196 cm³/mol. The van der Waals surface area contributed by atoms with E-state index in [1.165, 1.54) is 88.3 Å². The second-order valence-corrected chi connectivity index (χ2v) is 14.0. The Morgan fingerprint density at radius 2 is 1.23 bits per heavy atom. The van der Waals surface area contributed by atoms with Crippen molar-refractivity contribution in [3.63, 3.8) is 0 Å². The first-order valence-corrected chi connectivity index (χ1v) is 16.9. The third-order valence-electron chi connectivity index (χ3n) is 11.0. The molecular weight excluding hydrogens is 569 g/mol.